The SMILES string of the molecule is CCCC(=O)N1CCCC(C(=O)NCCCCCC(=O)O)C1. The molecule has 0 radical (unpaired) electrons. The van der Waals surface area contributed by atoms with Crippen molar-refractivity contribution in [1.82, 2.24) is 10.2 Å². The molecule has 6 heteroatoms. The minimum Gasteiger partial charge on any atom is -0.481 e. The van der Waals surface area contributed by atoms with E-state index in [1.165, 1.54) is 0 Å². The van der Waals surface area contributed by atoms with E-state index >= 15 is 0 Å². The van der Waals surface area contributed by atoms with Crippen LogP contribution >= 0.6 is 0 Å². The number of likely N-dealkylation sites (tertiary alicyclic amines) is 1. The zero-order valence-corrected chi connectivity index (χ0v) is 13.5. The van der Waals surface area contributed by atoms with Crippen LogP contribution in [0, 0.1) is 5.92 Å². The molecule has 0 saturated carbocycles. The topological polar surface area (TPSA) is 86.7 Å². The number of piperidine rings is 1. The third-order valence-corrected chi connectivity index (χ3v) is 3.98. The molecule has 126 valence electrons. The number of carboxylic acid groups (broad SMARTS) is 1. The van der Waals surface area contributed by atoms with E-state index in [0.717, 1.165) is 38.6 Å². The van der Waals surface area contributed by atoms with Gasteiger partial charge >= 0.3 is 5.97 Å². The highest BCUT2D eigenvalue weighted by Crippen LogP contribution is 2.17. The quantitative estimate of drug-likeness (QED) is 0.635. The molecule has 22 heavy (non-hydrogen) atoms. The van der Waals surface area contributed by atoms with Gasteiger partial charge in [0.1, 0.15) is 0 Å². The summed E-state index contributed by atoms with van der Waals surface area (Å²) in [4.78, 5) is 36.2. The van der Waals surface area contributed by atoms with Crippen molar-refractivity contribution in [3.63, 3.8) is 0 Å². The number of unbranched alkanes of at least 4 members (excludes halogenated alkanes) is 2. The summed E-state index contributed by atoms with van der Waals surface area (Å²) in [5, 5.41) is 11.4. The summed E-state index contributed by atoms with van der Waals surface area (Å²) in [5.41, 5.74) is 0. The Bertz CT molecular complexity index is 384. The highest BCUT2D eigenvalue weighted by Gasteiger charge is 2.27. The molecule has 1 saturated heterocycles. The smallest absolute Gasteiger partial charge is 0.303 e. The van der Waals surface area contributed by atoms with Crippen LogP contribution < -0.4 is 5.32 Å². The number of hydrogen-bond acceptors (Lipinski definition) is 3. The number of aliphatic carboxylic acids is 1. The van der Waals surface area contributed by atoms with Gasteiger partial charge in [0.2, 0.25) is 11.8 Å². The van der Waals surface area contributed by atoms with Gasteiger partial charge in [-0.1, -0.05) is 13.3 Å². The predicted molar refractivity (Wildman–Crippen MR) is 83.3 cm³/mol. The molecule has 0 aromatic heterocycles. The minimum atomic E-state index is -0.775. The Hall–Kier alpha value is -1.59. The molecule has 1 heterocycles. The molecule has 1 rings (SSSR count). The molecule has 2 amide bonds. The summed E-state index contributed by atoms with van der Waals surface area (Å²) < 4.78 is 0. The van der Waals surface area contributed by atoms with Crippen molar-refractivity contribution in [1.29, 1.82) is 0 Å². The van der Waals surface area contributed by atoms with E-state index in [-0.39, 0.29) is 24.2 Å². The maximum atomic E-state index is 12.1. The highest BCUT2D eigenvalue weighted by molar-refractivity contribution is 5.81. The minimum absolute atomic E-state index is 0.0206. The fourth-order valence-electron chi connectivity index (χ4n) is 2.72. The molecule has 0 aromatic carbocycles. The Kier molecular flexibility index (Phi) is 8.55. The van der Waals surface area contributed by atoms with Gasteiger partial charge in [0, 0.05) is 32.5 Å². The lowest BCUT2D eigenvalue weighted by atomic mass is 9.96. The molecular weight excluding hydrogens is 284 g/mol. The molecule has 6 nitrogen and oxygen atoms in total. The lowest BCUT2D eigenvalue weighted by molar-refractivity contribution is -0.138. The van der Waals surface area contributed by atoms with Crippen molar-refractivity contribution < 1.29 is 19.5 Å². The second-order valence-electron chi connectivity index (χ2n) is 5.92. The van der Waals surface area contributed by atoms with Gasteiger partial charge in [0.25, 0.3) is 0 Å². The molecule has 0 aliphatic carbocycles. The lowest BCUT2D eigenvalue weighted by Crippen LogP contribution is -2.45. The number of carbonyl (C=O) groups is 3. The predicted octanol–water partition coefficient (Wildman–Crippen LogP) is 1.79. The number of carboxylic acids is 1. The first-order valence-electron chi connectivity index (χ1n) is 8.31. The maximum Gasteiger partial charge on any atom is 0.303 e. The Labute approximate surface area is 132 Å². The van der Waals surface area contributed by atoms with Crippen LogP contribution in [0.1, 0.15) is 58.3 Å². The summed E-state index contributed by atoms with van der Waals surface area (Å²) in [6.45, 7) is 3.86. The van der Waals surface area contributed by atoms with Crippen molar-refractivity contribution in [2.45, 2.75) is 58.3 Å². The van der Waals surface area contributed by atoms with Crippen molar-refractivity contribution in [3.8, 4) is 0 Å². The molecule has 1 atom stereocenters. The fourth-order valence-corrected chi connectivity index (χ4v) is 2.72. The van der Waals surface area contributed by atoms with Crippen LogP contribution in [-0.4, -0.2) is 47.4 Å². The average molecular weight is 312 g/mol. The van der Waals surface area contributed by atoms with Crippen molar-refractivity contribution >= 4 is 17.8 Å². The largest absolute Gasteiger partial charge is 0.481 e. The van der Waals surface area contributed by atoms with E-state index in [1.807, 2.05) is 11.8 Å². The molecule has 1 aliphatic rings. The number of rotatable bonds is 9. The van der Waals surface area contributed by atoms with Crippen LogP contribution in [0.5, 0.6) is 0 Å². The van der Waals surface area contributed by atoms with Gasteiger partial charge in [0.05, 0.1) is 5.92 Å². The number of carbonyl (C=O) groups excluding carboxylic acids is 2. The van der Waals surface area contributed by atoms with E-state index in [4.69, 9.17) is 5.11 Å². The van der Waals surface area contributed by atoms with Crippen molar-refractivity contribution in [2.24, 2.45) is 5.92 Å². The van der Waals surface area contributed by atoms with Crippen LogP contribution in [0.4, 0.5) is 0 Å². The van der Waals surface area contributed by atoms with Crippen LogP contribution in [0.25, 0.3) is 0 Å². The number of amides is 2. The maximum absolute atomic E-state index is 12.1. The van der Waals surface area contributed by atoms with Gasteiger partial charge in [-0.25, -0.2) is 0 Å². The molecule has 1 aliphatic heterocycles. The third kappa shape index (κ3) is 6.91. The third-order valence-electron chi connectivity index (χ3n) is 3.98. The number of nitrogens with one attached hydrogen (secondary N) is 1. The summed E-state index contributed by atoms with van der Waals surface area (Å²) >= 11 is 0. The zero-order chi connectivity index (χ0) is 16.4. The lowest BCUT2D eigenvalue weighted by Gasteiger charge is -2.32. The molecular formula is C16H28N2O4. The first kappa shape index (κ1) is 18.5. The first-order chi connectivity index (χ1) is 10.5. The van der Waals surface area contributed by atoms with Crippen LogP contribution in [0.2, 0.25) is 0 Å². The zero-order valence-electron chi connectivity index (χ0n) is 13.5. The van der Waals surface area contributed by atoms with Crippen molar-refractivity contribution in [3.05, 3.63) is 0 Å². The average Bonchev–Trinajstić information content (AvgIpc) is 2.50. The summed E-state index contributed by atoms with van der Waals surface area (Å²) in [7, 11) is 0. The van der Waals surface area contributed by atoms with Crippen LogP contribution in [0.3, 0.4) is 0 Å². The van der Waals surface area contributed by atoms with E-state index < -0.39 is 5.97 Å². The van der Waals surface area contributed by atoms with Gasteiger partial charge in [-0.3, -0.25) is 14.4 Å². The van der Waals surface area contributed by atoms with E-state index in [0.29, 0.717) is 25.9 Å². The van der Waals surface area contributed by atoms with E-state index in [2.05, 4.69) is 5.32 Å². The Morgan fingerprint density at radius 1 is 1.18 bits per heavy atom. The summed E-state index contributed by atoms with van der Waals surface area (Å²) in [5.74, 6) is -0.711. The second kappa shape index (κ2) is 10.2. The van der Waals surface area contributed by atoms with Gasteiger partial charge in [0.15, 0.2) is 0 Å². The van der Waals surface area contributed by atoms with Gasteiger partial charge in [-0.05, 0) is 32.1 Å². The summed E-state index contributed by atoms with van der Waals surface area (Å²) in [6.07, 6.45) is 5.54. The Morgan fingerprint density at radius 3 is 2.64 bits per heavy atom. The van der Waals surface area contributed by atoms with E-state index in [1.54, 1.807) is 0 Å². The Balaban J connectivity index is 2.21. The monoisotopic (exact) mass is 312 g/mol. The van der Waals surface area contributed by atoms with Gasteiger partial charge in [-0.2, -0.15) is 0 Å². The Morgan fingerprint density at radius 2 is 1.95 bits per heavy atom. The highest BCUT2D eigenvalue weighted by atomic mass is 16.4. The van der Waals surface area contributed by atoms with Gasteiger partial charge < -0.3 is 15.3 Å². The molecule has 1 unspecified atom stereocenters. The molecule has 2 N–H and O–H groups in total. The number of hydrogen-bond donors (Lipinski definition) is 2. The van der Waals surface area contributed by atoms with Crippen LogP contribution in [-0.2, 0) is 14.4 Å². The van der Waals surface area contributed by atoms with Gasteiger partial charge in [-0.15, -0.1) is 0 Å². The molecule has 1 fully saturated rings. The summed E-state index contributed by atoms with van der Waals surface area (Å²) in [6, 6.07) is 0. The first-order valence-corrected chi connectivity index (χ1v) is 8.31. The fraction of sp³-hybridized carbons (Fsp3) is 0.812. The molecule has 0 spiro atoms. The normalized spacial score (nSPS) is 18.0. The van der Waals surface area contributed by atoms with Crippen LogP contribution in [0.15, 0.2) is 0 Å². The standard InChI is InChI=1S/C16H28N2O4/c1-2-7-14(19)18-11-6-8-13(12-18)16(22)17-10-5-3-4-9-15(20)21/h13H,2-12H2,1H3,(H,17,22)(H,20,21). The second-order valence-corrected chi connectivity index (χ2v) is 5.92. The van der Waals surface area contributed by atoms with Crippen molar-refractivity contribution in [2.75, 3.05) is 19.6 Å². The van der Waals surface area contributed by atoms with E-state index in [9.17, 15) is 14.4 Å². The molecule has 0 bridgehead atoms. The number of nitrogens with zero attached hydrogens (tertiary/aromatic N) is 1. The molecule has 0 aromatic rings.